The fourth-order valence-corrected chi connectivity index (χ4v) is 1.89. The number of alkyl halides is 3. The second-order valence-electron chi connectivity index (χ2n) is 4.12. The molecule has 0 aromatic heterocycles. The van der Waals surface area contributed by atoms with E-state index in [-0.39, 0.29) is 13.2 Å². The number of hydrogen-bond acceptors (Lipinski definition) is 2. The molecule has 2 rings (SSSR count). The molecule has 0 saturated carbocycles. The summed E-state index contributed by atoms with van der Waals surface area (Å²) in [6, 6.07) is 9.49. The molecule has 1 fully saturated rings. The lowest BCUT2D eigenvalue weighted by atomic mass is 10.2. The van der Waals surface area contributed by atoms with Crippen LogP contribution in [0.1, 0.15) is 5.56 Å². The quantitative estimate of drug-likeness (QED) is 0.793. The summed E-state index contributed by atoms with van der Waals surface area (Å²) in [5.74, 6) is 0. The van der Waals surface area contributed by atoms with Gasteiger partial charge < -0.3 is 4.74 Å². The Morgan fingerprint density at radius 2 is 1.94 bits per heavy atom. The maximum atomic E-state index is 12.5. The summed E-state index contributed by atoms with van der Waals surface area (Å²) in [6.45, 7) is 1.13. The summed E-state index contributed by atoms with van der Waals surface area (Å²) in [5, 5.41) is 0. The van der Waals surface area contributed by atoms with Crippen LogP contribution in [-0.4, -0.2) is 36.9 Å². The minimum Gasteiger partial charge on any atom is -0.366 e. The molecule has 94 valence electrons. The summed E-state index contributed by atoms with van der Waals surface area (Å²) in [7, 11) is 0. The van der Waals surface area contributed by atoms with Crippen molar-refractivity contribution in [2.24, 2.45) is 0 Å². The van der Waals surface area contributed by atoms with Crippen LogP contribution >= 0.6 is 0 Å². The van der Waals surface area contributed by atoms with Gasteiger partial charge in [0.1, 0.15) is 0 Å². The maximum absolute atomic E-state index is 12.5. The molecule has 1 atom stereocenters. The molecule has 5 heteroatoms. The molecule has 0 amide bonds. The van der Waals surface area contributed by atoms with Gasteiger partial charge in [-0.15, -0.1) is 0 Å². The van der Waals surface area contributed by atoms with E-state index in [4.69, 9.17) is 4.74 Å². The van der Waals surface area contributed by atoms with Gasteiger partial charge >= 0.3 is 6.18 Å². The summed E-state index contributed by atoms with van der Waals surface area (Å²) < 4.78 is 42.2. The molecule has 17 heavy (non-hydrogen) atoms. The molecular formula is C12H14F3NO. The zero-order valence-corrected chi connectivity index (χ0v) is 9.28. The van der Waals surface area contributed by atoms with E-state index in [2.05, 4.69) is 0 Å². The zero-order valence-electron chi connectivity index (χ0n) is 9.28. The summed E-state index contributed by atoms with van der Waals surface area (Å²) in [5.41, 5.74) is 1.02. The molecule has 0 aliphatic carbocycles. The van der Waals surface area contributed by atoms with Gasteiger partial charge in [-0.05, 0) is 5.56 Å². The van der Waals surface area contributed by atoms with Gasteiger partial charge in [0.25, 0.3) is 0 Å². The van der Waals surface area contributed by atoms with Crippen molar-refractivity contribution in [2.45, 2.75) is 18.8 Å². The summed E-state index contributed by atoms with van der Waals surface area (Å²) in [6.07, 6.45) is -5.92. The van der Waals surface area contributed by atoms with Crippen molar-refractivity contribution in [1.82, 2.24) is 4.90 Å². The van der Waals surface area contributed by atoms with Gasteiger partial charge in [-0.1, -0.05) is 30.3 Å². The molecule has 1 aliphatic rings. The minimum absolute atomic E-state index is 0.0849. The SMILES string of the molecule is FC(F)(F)[C@H]1CN(Cc2ccccc2)CCO1. The van der Waals surface area contributed by atoms with Crippen molar-refractivity contribution < 1.29 is 17.9 Å². The number of halogens is 3. The molecule has 1 heterocycles. The first-order valence-corrected chi connectivity index (χ1v) is 5.50. The van der Waals surface area contributed by atoms with E-state index in [9.17, 15) is 13.2 Å². The third-order valence-electron chi connectivity index (χ3n) is 2.76. The first-order valence-electron chi connectivity index (χ1n) is 5.50. The number of nitrogens with zero attached hydrogens (tertiary/aromatic N) is 1. The second kappa shape index (κ2) is 5.06. The van der Waals surface area contributed by atoms with Crippen LogP contribution < -0.4 is 0 Å². The van der Waals surface area contributed by atoms with Gasteiger partial charge in [0.05, 0.1) is 6.61 Å². The number of hydrogen-bond donors (Lipinski definition) is 0. The molecular weight excluding hydrogens is 231 g/mol. The zero-order chi connectivity index (χ0) is 12.3. The number of morpholine rings is 1. The van der Waals surface area contributed by atoms with Crippen LogP contribution in [0.3, 0.4) is 0 Å². The van der Waals surface area contributed by atoms with Crippen molar-refractivity contribution in [3.05, 3.63) is 35.9 Å². The largest absolute Gasteiger partial charge is 0.415 e. The topological polar surface area (TPSA) is 12.5 Å². The van der Waals surface area contributed by atoms with Crippen molar-refractivity contribution in [3.63, 3.8) is 0 Å². The Labute approximate surface area is 98.0 Å². The Hall–Kier alpha value is -1.07. The lowest BCUT2D eigenvalue weighted by Crippen LogP contribution is -2.48. The molecule has 0 radical (unpaired) electrons. The molecule has 0 bridgehead atoms. The highest BCUT2D eigenvalue weighted by atomic mass is 19.4. The molecule has 0 spiro atoms. The highest BCUT2D eigenvalue weighted by Crippen LogP contribution is 2.26. The Bertz CT molecular complexity index is 353. The second-order valence-corrected chi connectivity index (χ2v) is 4.12. The van der Waals surface area contributed by atoms with E-state index >= 15 is 0 Å². The van der Waals surface area contributed by atoms with E-state index in [1.165, 1.54) is 0 Å². The standard InChI is InChI=1S/C12H14F3NO/c13-12(14,15)11-9-16(6-7-17-11)8-10-4-2-1-3-5-10/h1-5,11H,6-9H2/t11-/m1/s1. The smallest absolute Gasteiger partial charge is 0.366 e. The van der Waals surface area contributed by atoms with Gasteiger partial charge in [-0.2, -0.15) is 13.2 Å². The van der Waals surface area contributed by atoms with Gasteiger partial charge in [-0.3, -0.25) is 4.90 Å². The van der Waals surface area contributed by atoms with Crippen LogP contribution in [0, 0.1) is 0 Å². The van der Waals surface area contributed by atoms with Crippen molar-refractivity contribution >= 4 is 0 Å². The van der Waals surface area contributed by atoms with Gasteiger partial charge in [0, 0.05) is 19.6 Å². The number of rotatable bonds is 2. The molecule has 0 N–H and O–H groups in total. The fraction of sp³-hybridized carbons (Fsp3) is 0.500. The number of benzene rings is 1. The molecule has 1 saturated heterocycles. The van der Waals surface area contributed by atoms with Crippen LogP contribution in [0.5, 0.6) is 0 Å². The van der Waals surface area contributed by atoms with E-state index in [1.54, 1.807) is 4.90 Å². The Morgan fingerprint density at radius 3 is 2.59 bits per heavy atom. The predicted molar refractivity (Wildman–Crippen MR) is 57.5 cm³/mol. The first-order chi connectivity index (χ1) is 8.05. The first kappa shape index (κ1) is 12.4. The summed E-state index contributed by atoms with van der Waals surface area (Å²) in [4.78, 5) is 1.77. The van der Waals surface area contributed by atoms with E-state index in [1.807, 2.05) is 30.3 Å². The van der Waals surface area contributed by atoms with Gasteiger partial charge in [0.15, 0.2) is 6.10 Å². The highest BCUT2D eigenvalue weighted by Gasteiger charge is 2.43. The molecule has 2 nitrogen and oxygen atoms in total. The molecule has 1 aromatic rings. The molecule has 1 aliphatic heterocycles. The van der Waals surface area contributed by atoms with Crippen LogP contribution in [0.4, 0.5) is 13.2 Å². The van der Waals surface area contributed by atoms with Crippen molar-refractivity contribution in [2.75, 3.05) is 19.7 Å². The van der Waals surface area contributed by atoms with Crippen LogP contribution in [0.15, 0.2) is 30.3 Å². The van der Waals surface area contributed by atoms with Crippen LogP contribution in [-0.2, 0) is 11.3 Å². The van der Waals surface area contributed by atoms with Gasteiger partial charge in [0.2, 0.25) is 0 Å². The van der Waals surface area contributed by atoms with Crippen molar-refractivity contribution in [1.29, 1.82) is 0 Å². The van der Waals surface area contributed by atoms with Crippen LogP contribution in [0.25, 0.3) is 0 Å². The fourth-order valence-electron chi connectivity index (χ4n) is 1.89. The average molecular weight is 245 g/mol. The third kappa shape index (κ3) is 3.44. The van der Waals surface area contributed by atoms with Crippen molar-refractivity contribution in [3.8, 4) is 0 Å². The van der Waals surface area contributed by atoms with E-state index in [0.29, 0.717) is 13.1 Å². The Balaban J connectivity index is 1.94. The third-order valence-corrected chi connectivity index (χ3v) is 2.76. The van der Waals surface area contributed by atoms with Crippen LogP contribution in [0.2, 0.25) is 0 Å². The van der Waals surface area contributed by atoms with Gasteiger partial charge in [-0.25, -0.2) is 0 Å². The lowest BCUT2D eigenvalue weighted by molar-refractivity contribution is -0.237. The molecule has 0 unspecified atom stereocenters. The highest BCUT2D eigenvalue weighted by molar-refractivity contribution is 5.14. The van der Waals surface area contributed by atoms with E-state index in [0.717, 1.165) is 5.56 Å². The number of ether oxygens (including phenoxy) is 1. The Morgan fingerprint density at radius 1 is 1.24 bits per heavy atom. The Kier molecular flexibility index (Phi) is 3.69. The normalized spacial score (nSPS) is 22.6. The maximum Gasteiger partial charge on any atom is 0.415 e. The summed E-state index contributed by atoms with van der Waals surface area (Å²) >= 11 is 0. The molecule has 1 aromatic carbocycles. The monoisotopic (exact) mass is 245 g/mol. The minimum atomic E-state index is -4.27. The van der Waals surface area contributed by atoms with E-state index < -0.39 is 12.3 Å². The predicted octanol–water partition coefficient (Wildman–Crippen LogP) is 2.45. The average Bonchev–Trinajstić information content (AvgIpc) is 2.29. The lowest BCUT2D eigenvalue weighted by Gasteiger charge is -2.33.